The minimum absolute atomic E-state index is 0.0725. The molecule has 1 amide bonds. The van der Waals surface area contributed by atoms with Gasteiger partial charge >= 0.3 is 10.2 Å². The van der Waals surface area contributed by atoms with Gasteiger partial charge in [0.1, 0.15) is 5.71 Å². The summed E-state index contributed by atoms with van der Waals surface area (Å²) in [6, 6.07) is 8.80. The Labute approximate surface area is 214 Å². The lowest BCUT2D eigenvalue weighted by molar-refractivity contribution is -0.127. The Morgan fingerprint density at radius 1 is 1.03 bits per heavy atom. The molecule has 6 rings (SSSR count). The number of ketones is 1. The third-order valence-corrected chi connectivity index (χ3v) is 7.07. The number of pyridine rings is 1. The first kappa shape index (κ1) is 23.6. The first-order valence-electron chi connectivity index (χ1n) is 11.4. The molecule has 38 heavy (non-hydrogen) atoms. The van der Waals surface area contributed by atoms with Crippen LogP contribution in [-0.4, -0.2) is 92.6 Å². The molecule has 1 saturated heterocycles. The number of aromatic nitrogens is 5. The fraction of sp³-hybridized carbons (Fsp3) is 0.174. The minimum Gasteiger partial charge on any atom is -0.357 e. The van der Waals surface area contributed by atoms with E-state index in [0.717, 1.165) is 6.20 Å². The van der Waals surface area contributed by atoms with Gasteiger partial charge in [0.15, 0.2) is 17.5 Å². The summed E-state index contributed by atoms with van der Waals surface area (Å²) >= 11 is 0. The van der Waals surface area contributed by atoms with E-state index in [0.29, 0.717) is 5.56 Å². The van der Waals surface area contributed by atoms with Crippen molar-refractivity contribution in [2.24, 2.45) is 8.80 Å². The van der Waals surface area contributed by atoms with Gasteiger partial charge in [0, 0.05) is 37.9 Å². The zero-order valence-electron chi connectivity index (χ0n) is 19.5. The standard InChI is InChI=1S/C23H18FN9O4S/c24-16-13-26-21(33-7-6-27-30-33)19-17(16)15(12-25-19)20(34)23(35)32-10-8-31(9-11-32)22-18(28-38(36,37)29-22)14-4-2-1-3-5-14/h1-7,12-13,25H,8-11H2. The summed E-state index contributed by atoms with van der Waals surface area (Å²) in [6.07, 6.45) is 5.17. The van der Waals surface area contributed by atoms with E-state index in [-0.39, 0.29) is 60.0 Å². The van der Waals surface area contributed by atoms with Gasteiger partial charge in [-0.2, -0.15) is 8.42 Å². The first-order valence-corrected chi connectivity index (χ1v) is 12.8. The van der Waals surface area contributed by atoms with Crippen LogP contribution in [0.2, 0.25) is 0 Å². The summed E-state index contributed by atoms with van der Waals surface area (Å²) < 4.78 is 47.9. The van der Waals surface area contributed by atoms with Crippen molar-refractivity contribution >= 4 is 44.3 Å². The topological polar surface area (TPSA) is 159 Å². The number of carbonyl (C=O) groups excluding carboxylic acids is 2. The van der Waals surface area contributed by atoms with E-state index in [1.165, 1.54) is 28.2 Å². The van der Waals surface area contributed by atoms with Crippen molar-refractivity contribution in [2.45, 2.75) is 0 Å². The first-order chi connectivity index (χ1) is 18.3. The molecule has 15 heteroatoms. The minimum atomic E-state index is -4.01. The van der Waals surface area contributed by atoms with E-state index in [9.17, 15) is 22.4 Å². The van der Waals surface area contributed by atoms with Gasteiger partial charge in [-0.3, -0.25) is 9.59 Å². The number of nitrogens with zero attached hydrogens (tertiary/aromatic N) is 8. The van der Waals surface area contributed by atoms with E-state index in [2.05, 4.69) is 29.1 Å². The Bertz CT molecular complexity index is 1740. The zero-order chi connectivity index (χ0) is 26.4. The van der Waals surface area contributed by atoms with Crippen LogP contribution in [0.25, 0.3) is 16.7 Å². The molecular formula is C23H18FN9O4S. The van der Waals surface area contributed by atoms with E-state index in [4.69, 9.17) is 0 Å². The highest BCUT2D eigenvalue weighted by molar-refractivity contribution is 7.89. The number of aromatic amines is 1. The van der Waals surface area contributed by atoms with Crippen LogP contribution in [0.4, 0.5) is 4.39 Å². The Balaban J connectivity index is 1.21. The lowest BCUT2D eigenvalue weighted by Gasteiger charge is -2.35. The van der Waals surface area contributed by atoms with Gasteiger partial charge in [0.25, 0.3) is 11.7 Å². The van der Waals surface area contributed by atoms with Gasteiger partial charge in [0.05, 0.1) is 35.1 Å². The molecule has 0 spiro atoms. The summed E-state index contributed by atoms with van der Waals surface area (Å²) in [5.74, 6) is -2.03. The van der Waals surface area contributed by atoms with E-state index in [1.807, 2.05) is 0 Å². The second-order valence-corrected chi connectivity index (χ2v) is 9.77. The average molecular weight is 536 g/mol. The summed E-state index contributed by atoms with van der Waals surface area (Å²) in [4.78, 5) is 36.2. The number of H-pyrrole nitrogens is 1. The number of amides is 1. The molecule has 0 radical (unpaired) electrons. The van der Waals surface area contributed by atoms with Crippen molar-refractivity contribution in [3.63, 3.8) is 0 Å². The number of halogens is 1. The van der Waals surface area contributed by atoms with E-state index in [1.54, 1.807) is 35.2 Å². The molecule has 192 valence electrons. The van der Waals surface area contributed by atoms with Gasteiger partial charge < -0.3 is 14.8 Å². The lowest BCUT2D eigenvalue weighted by Crippen LogP contribution is -2.53. The van der Waals surface area contributed by atoms with Gasteiger partial charge in [-0.15, -0.1) is 13.9 Å². The smallest absolute Gasteiger partial charge is 0.357 e. The third kappa shape index (κ3) is 4.02. The molecule has 2 aliphatic rings. The summed E-state index contributed by atoms with van der Waals surface area (Å²) in [6.45, 7) is 0.703. The second kappa shape index (κ2) is 8.95. The summed E-state index contributed by atoms with van der Waals surface area (Å²) in [5, 5.41) is 7.48. The Morgan fingerprint density at radius 3 is 2.50 bits per heavy atom. The number of Topliss-reactive ketones (excluding diaryl/α,β-unsaturated/α-hetero) is 1. The van der Waals surface area contributed by atoms with Crippen LogP contribution in [-0.2, 0) is 15.0 Å². The van der Waals surface area contributed by atoms with E-state index < -0.39 is 27.7 Å². The van der Waals surface area contributed by atoms with E-state index >= 15 is 0 Å². The predicted molar refractivity (Wildman–Crippen MR) is 133 cm³/mol. The average Bonchev–Trinajstić information content (AvgIpc) is 3.68. The predicted octanol–water partition coefficient (Wildman–Crippen LogP) is 0.756. The molecule has 13 nitrogen and oxygen atoms in total. The van der Waals surface area contributed by atoms with Crippen LogP contribution in [0.1, 0.15) is 15.9 Å². The van der Waals surface area contributed by atoms with Gasteiger partial charge in [-0.1, -0.05) is 35.5 Å². The maximum Gasteiger partial charge on any atom is 0.365 e. The fourth-order valence-corrected chi connectivity index (χ4v) is 5.34. The number of fused-ring (bicyclic) bond motifs is 1. The van der Waals surface area contributed by atoms with Gasteiger partial charge in [-0.05, 0) is 0 Å². The van der Waals surface area contributed by atoms with Crippen LogP contribution in [0.3, 0.4) is 0 Å². The molecule has 4 aromatic rings. The zero-order valence-corrected chi connectivity index (χ0v) is 20.3. The number of piperazine rings is 1. The number of rotatable bonds is 4. The number of benzene rings is 1. The molecule has 1 N–H and O–H groups in total. The Hall–Kier alpha value is -4.79. The molecule has 0 aliphatic carbocycles. The van der Waals surface area contributed by atoms with Crippen molar-refractivity contribution in [1.29, 1.82) is 0 Å². The SMILES string of the molecule is O=C(C(=O)N1CCN(C2=NS(=O)(=O)N=C2c2ccccc2)CC1)c1c[nH]c2c(-n3ccnn3)ncc(F)c12. The summed E-state index contributed by atoms with van der Waals surface area (Å²) in [5.41, 5.74) is 0.901. The molecule has 1 aromatic carbocycles. The lowest BCUT2D eigenvalue weighted by atomic mass is 10.1. The van der Waals surface area contributed by atoms with Crippen LogP contribution in [0.5, 0.6) is 0 Å². The Morgan fingerprint density at radius 2 is 1.79 bits per heavy atom. The normalized spacial score (nSPS) is 17.0. The van der Waals surface area contributed by atoms with Crippen LogP contribution < -0.4 is 0 Å². The molecule has 0 bridgehead atoms. The third-order valence-electron chi connectivity index (χ3n) is 6.26. The molecule has 0 saturated carbocycles. The molecule has 3 aromatic heterocycles. The molecular weight excluding hydrogens is 517 g/mol. The number of carbonyl (C=O) groups is 2. The fourth-order valence-electron chi connectivity index (χ4n) is 4.46. The number of hydrogen-bond donors (Lipinski definition) is 1. The monoisotopic (exact) mass is 535 g/mol. The summed E-state index contributed by atoms with van der Waals surface area (Å²) in [7, 11) is -4.01. The van der Waals surface area contributed by atoms with Crippen molar-refractivity contribution in [3.8, 4) is 5.82 Å². The Kier molecular flexibility index (Phi) is 5.56. The highest BCUT2D eigenvalue weighted by atomic mass is 32.2. The van der Waals surface area contributed by atoms with Gasteiger partial charge in [-0.25, -0.2) is 14.1 Å². The largest absolute Gasteiger partial charge is 0.365 e. The van der Waals surface area contributed by atoms with Gasteiger partial charge in [0.2, 0.25) is 0 Å². The van der Waals surface area contributed by atoms with Crippen LogP contribution in [0.15, 0.2) is 63.9 Å². The molecule has 2 aliphatic heterocycles. The molecule has 0 unspecified atom stereocenters. The molecule has 0 atom stereocenters. The maximum atomic E-state index is 14.7. The van der Waals surface area contributed by atoms with Crippen molar-refractivity contribution < 1.29 is 22.4 Å². The second-order valence-electron chi connectivity index (χ2n) is 8.51. The highest BCUT2D eigenvalue weighted by Gasteiger charge is 2.34. The quantitative estimate of drug-likeness (QED) is 0.296. The molecule has 5 heterocycles. The van der Waals surface area contributed by atoms with Crippen molar-refractivity contribution in [3.05, 3.63) is 72.1 Å². The van der Waals surface area contributed by atoms with Crippen LogP contribution in [0, 0.1) is 5.82 Å². The number of hydrogen-bond acceptors (Lipinski definition) is 8. The number of amidine groups is 1. The highest BCUT2D eigenvalue weighted by Crippen LogP contribution is 2.26. The maximum absolute atomic E-state index is 14.7. The molecule has 1 fully saturated rings. The van der Waals surface area contributed by atoms with Crippen molar-refractivity contribution in [1.82, 2.24) is 34.8 Å². The number of nitrogens with one attached hydrogen (secondary N) is 1. The van der Waals surface area contributed by atoms with Crippen molar-refractivity contribution in [2.75, 3.05) is 26.2 Å². The van der Waals surface area contributed by atoms with Crippen LogP contribution >= 0.6 is 0 Å².